The molecule has 3 fully saturated rings. The van der Waals surface area contributed by atoms with Gasteiger partial charge >= 0.3 is 6.09 Å². The van der Waals surface area contributed by atoms with Crippen LogP contribution in [0.25, 0.3) is 10.8 Å². The van der Waals surface area contributed by atoms with Crippen LogP contribution >= 0.6 is 11.6 Å². The molecular formula is C34H42ClN5O9S. The third-order valence-electron chi connectivity index (χ3n) is 10.3. The maximum Gasteiger partial charge on any atom is 0.405 e. The second-order valence-electron chi connectivity index (χ2n) is 14.0. The minimum Gasteiger partial charge on any atom is -0.494 e. The number of alkyl halides is 1. The van der Waals surface area contributed by atoms with Gasteiger partial charge in [-0.1, -0.05) is 55.8 Å². The Morgan fingerprint density at radius 1 is 1.14 bits per heavy atom. The van der Waals surface area contributed by atoms with Gasteiger partial charge in [0.15, 0.2) is 4.21 Å². The molecule has 4 N–H and O–H groups in total. The summed E-state index contributed by atoms with van der Waals surface area (Å²) in [5, 5.41) is 16.3. The lowest BCUT2D eigenvalue weighted by Crippen LogP contribution is -2.59. The number of carbonyl (C=O) groups is 4. The molecule has 2 saturated carbocycles. The molecular weight excluding hydrogens is 690 g/mol. The number of methoxy groups -OCH3 is 1. The summed E-state index contributed by atoms with van der Waals surface area (Å²) in [4.78, 5) is 59.9. The molecule has 270 valence electrons. The average Bonchev–Trinajstić information content (AvgIpc) is 3.95. The molecule has 2 aliphatic heterocycles. The second-order valence-corrected chi connectivity index (χ2v) is 16.9. The number of rotatable bonds is 7. The molecule has 3 heterocycles. The zero-order valence-electron chi connectivity index (χ0n) is 28.1. The SMILES string of the molecule is COc1cnc(O[C@@H]2C[C@H]3C(=O)N[C@]4(C(=O)NS(=O)(=O)C5(Cl)CC5)C[C@H]4/C=C\CC[C@@H](C)C[C@@H](C)[C@H](NC(=O)O)C(=O)N3C2)c2ccccc12. The Labute approximate surface area is 295 Å². The zero-order valence-corrected chi connectivity index (χ0v) is 29.6. The van der Waals surface area contributed by atoms with E-state index in [4.69, 9.17) is 21.1 Å². The summed E-state index contributed by atoms with van der Waals surface area (Å²) in [5.41, 5.74) is -1.60. The van der Waals surface area contributed by atoms with Crippen LogP contribution in [0.4, 0.5) is 4.79 Å². The first kappa shape index (κ1) is 35.7. The average molecular weight is 732 g/mol. The molecule has 7 atom stereocenters. The van der Waals surface area contributed by atoms with Gasteiger partial charge in [0.25, 0.3) is 15.9 Å². The molecule has 2 aromatic rings. The predicted octanol–water partition coefficient (Wildman–Crippen LogP) is 3.29. The van der Waals surface area contributed by atoms with Crippen LogP contribution in [-0.4, -0.2) is 88.8 Å². The topological polar surface area (TPSA) is 193 Å². The van der Waals surface area contributed by atoms with Crippen LogP contribution in [0.5, 0.6) is 11.6 Å². The number of ether oxygens (including phenoxy) is 2. The van der Waals surface area contributed by atoms with Gasteiger partial charge in [-0.05, 0) is 56.4 Å². The Kier molecular flexibility index (Phi) is 9.68. The third-order valence-corrected chi connectivity index (χ3v) is 13.1. The normalized spacial score (nSPS) is 31.6. The van der Waals surface area contributed by atoms with Crippen molar-refractivity contribution in [3.8, 4) is 11.6 Å². The number of halogens is 1. The number of pyridine rings is 1. The van der Waals surface area contributed by atoms with Gasteiger partial charge in [0.05, 0.1) is 19.9 Å². The van der Waals surface area contributed by atoms with Crippen molar-refractivity contribution in [1.29, 1.82) is 0 Å². The van der Waals surface area contributed by atoms with Crippen molar-refractivity contribution in [3.63, 3.8) is 0 Å². The van der Waals surface area contributed by atoms with Gasteiger partial charge in [0.2, 0.25) is 17.7 Å². The van der Waals surface area contributed by atoms with Crippen LogP contribution in [0, 0.1) is 17.8 Å². The van der Waals surface area contributed by atoms with Crippen LogP contribution < -0.4 is 24.8 Å². The summed E-state index contributed by atoms with van der Waals surface area (Å²) in [5.74, 6) is -2.22. The van der Waals surface area contributed by atoms with Crippen molar-refractivity contribution in [1.82, 2.24) is 25.2 Å². The van der Waals surface area contributed by atoms with E-state index in [9.17, 15) is 32.7 Å². The van der Waals surface area contributed by atoms with E-state index >= 15 is 0 Å². The smallest absolute Gasteiger partial charge is 0.405 e. The summed E-state index contributed by atoms with van der Waals surface area (Å²) in [6.45, 7) is 3.74. The van der Waals surface area contributed by atoms with Crippen LogP contribution in [0.1, 0.15) is 58.8 Å². The maximum atomic E-state index is 14.3. The van der Waals surface area contributed by atoms with E-state index in [1.807, 2.05) is 43.3 Å². The quantitative estimate of drug-likeness (QED) is 0.243. The highest BCUT2D eigenvalue weighted by Gasteiger charge is 2.63. The summed E-state index contributed by atoms with van der Waals surface area (Å²) in [7, 11) is -2.70. The lowest BCUT2D eigenvalue weighted by Gasteiger charge is -2.32. The minimum absolute atomic E-state index is 0.00845. The minimum atomic E-state index is -4.23. The summed E-state index contributed by atoms with van der Waals surface area (Å²) < 4.78 is 38.2. The zero-order chi connectivity index (χ0) is 36.0. The highest BCUT2D eigenvalue weighted by atomic mass is 35.5. The number of sulfonamides is 1. The van der Waals surface area contributed by atoms with E-state index in [0.29, 0.717) is 24.0 Å². The number of hydrogen-bond donors (Lipinski definition) is 4. The predicted molar refractivity (Wildman–Crippen MR) is 183 cm³/mol. The second kappa shape index (κ2) is 13.5. The molecule has 16 heteroatoms. The molecule has 0 bridgehead atoms. The van der Waals surface area contributed by atoms with E-state index in [-0.39, 0.29) is 44.0 Å². The molecule has 1 aromatic carbocycles. The van der Waals surface area contributed by atoms with Crippen molar-refractivity contribution >= 4 is 56.2 Å². The first-order chi connectivity index (χ1) is 23.7. The fourth-order valence-corrected chi connectivity index (χ4v) is 8.63. The highest BCUT2D eigenvalue weighted by Crippen LogP contribution is 2.49. The van der Waals surface area contributed by atoms with Crippen LogP contribution in [-0.2, 0) is 24.4 Å². The number of nitrogens with zero attached hydrogens (tertiary/aromatic N) is 2. The van der Waals surface area contributed by atoms with Crippen molar-refractivity contribution in [2.24, 2.45) is 17.8 Å². The van der Waals surface area contributed by atoms with Gasteiger partial charge in [-0.3, -0.25) is 14.4 Å². The first-order valence-electron chi connectivity index (χ1n) is 16.8. The summed E-state index contributed by atoms with van der Waals surface area (Å²) in [6, 6.07) is 4.97. The number of allylic oxidation sites excluding steroid dienone is 1. The summed E-state index contributed by atoms with van der Waals surface area (Å²) in [6.07, 6.45) is 5.52. The highest BCUT2D eigenvalue weighted by molar-refractivity contribution is 7.93. The van der Waals surface area contributed by atoms with Crippen LogP contribution in [0.3, 0.4) is 0 Å². The van der Waals surface area contributed by atoms with Gasteiger partial charge in [-0.2, -0.15) is 0 Å². The van der Waals surface area contributed by atoms with Gasteiger partial charge in [-0.15, -0.1) is 0 Å². The first-order valence-corrected chi connectivity index (χ1v) is 18.7. The molecule has 50 heavy (non-hydrogen) atoms. The summed E-state index contributed by atoms with van der Waals surface area (Å²) >= 11 is 6.18. The molecule has 1 aromatic heterocycles. The van der Waals surface area contributed by atoms with Gasteiger partial charge in [0, 0.05) is 23.1 Å². The van der Waals surface area contributed by atoms with Gasteiger partial charge < -0.3 is 30.1 Å². The number of amides is 4. The van der Waals surface area contributed by atoms with E-state index in [0.717, 1.165) is 11.8 Å². The van der Waals surface area contributed by atoms with Crippen molar-refractivity contribution < 1.29 is 42.2 Å². The van der Waals surface area contributed by atoms with Gasteiger partial charge in [0.1, 0.15) is 29.5 Å². The molecule has 2 aliphatic carbocycles. The fourth-order valence-electron chi connectivity index (χ4n) is 7.18. The molecule has 4 aliphatic rings. The number of hydrogen-bond acceptors (Lipinski definition) is 9. The van der Waals surface area contributed by atoms with Crippen molar-refractivity contribution in [2.45, 2.75) is 86.7 Å². The molecule has 0 spiro atoms. The van der Waals surface area contributed by atoms with E-state index in [1.165, 1.54) is 18.2 Å². The number of benzene rings is 1. The fraction of sp³-hybridized carbons (Fsp3) is 0.559. The molecule has 4 amide bonds. The Hall–Kier alpha value is -4.11. The Morgan fingerprint density at radius 2 is 1.86 bits per heavy atom. The van der Waals surface area contributed by atoms with Crippen molar-refractivity contribution in [3.05, 3.63) is 42.6 Å². The number of carbonyl (C=O) groups excluding carboxylic acids is 3. The Balaban J connectivity index is 1.34. The number of fused-ring (bicyclic) bond motifs is 3. The van der Waals surface area contributed by atoms with Crippen molar-refractivity contribution in [2.75, 3.05) is 13.7 Å². The molecule has 0 unspecified atom stereocenters. The lowest BCUT2D eigenvalue weighted by atomic mass is 9.88. The largest absolute Gasteiger partial charge is 0.494 e. The van der Waals surface area contributed by atoms with E-state index in [2.05, 4.69) is 20.3 Å². The van der Waals surface area contributed by atoms with Crippen LogP contribution in [0.15, 0.2) is 42.6 Å². The van der Waals surface area contributed by atoms with Gasteiger partial charge in [-0.25, -0.2) is 22.9 Å². The van der Waals surface area contributed by atoms with E-state index in [1.54, 1.807) is 6.92 Å². The maximum absolute atomic E-state index is 14.3. The number of carboxylic acid groups (broad SMARTS) is 1. The lowest BCUT2D eigenvalue weighted by molar-refractivity contribution is -0.142. The number of aromatic nitrogens is 1. The molecule has 6 rings (SSSR count). The van der Waals surface area contributed by atoms with Crippen LogP contribution in [0.2, 0.25) is 0 Å². The molecule has 0 radical (unpaired) electrons. The molecule has 1 saturated heterocycles. The monoisotopic (exact) mass is 731 g/mol. The standard InChI is InChI=1S/C34H42ClN5O9S/c1-19-8-4-5-9-21-16-34(21,31(43)39-50(46,47)33(35)12-13-33)38-28(41)25-15-22(18-40(25)30(42)27(20(2)14-19)37-32(44)45)49-29-24-11-7-6-10-23(24)26(48-3)17-36-29/h5-7,9-11,17,19-22,25,27,37H,4,8,12-16,18H2,1-3H3,(H,38,41)(H,39,43)(H,44,45)/b9-5-/t19-,20-,21-,22-,25+,27+,34-/m1/s1. The molecule has 14 nitrogen and oxygen atoms in total. The Bertz CT molecular complexity index is 1840. The van der Waals surface area contributed by atoms with E-state index < -0.39 is 73.6 Å². The Morgan fingerprint density at radius 3 is 2.54 bits per heavy atom. The third kappa shape index (κ3) is 6.94. The number of nitrogens with one attached hydrogen (secondary N) is 3.